The average molecular weight is 462 g/mol. The molecule has 174 valence electrons. The first-order chi connectivity index (χ1) is 17.2. The number of fused-ring (bicyclic) bond motifs is 2. The molecule has 0 bridgehead atoms. The first kappa shape index (κ1) is 21.4. The van der Waals surface area contributed by atoms with Gasteiger partial charge in [-0.25, -0.2) is 4.98 Å². The van der Waals surface area contributed by atoms with Crippen LogP contribution in [0.25, 0.3) is 39.3 Å². The fraction of sp³-hybridized carbons (Fsp3) is 0.214. The minimum atomic E-state index is 0.444. The van der Waals surface area contributed by atoms with Gasteiger partial charge < -0.3 is 10.3 Å². The lowest BCUT2D eigenvalue weighted by Crippen LogP contribution is -2.11. The molecule has 0 saturated heterocycles. The fourth-order valence-electron chi connectivity index (χ4n) is 4.81. The second-order valence-corrected chi connectivity index (χ2v) is 9.10. The van der Waals surface area contributed by atoms with Crippen molar-refractivity contribution < 1.29 is 0 Å². The van der Waals surface area contributed by atoms with E-state index in [9.17, 15) is 0 Å². The third-order valence-electron chi connectivity index (χ3n) is 6.49. The Balaban J connectivity index is 1.40. The molecule has 7 nitrogen and oxygen atoms in total. The van der Waals surface area contributed by atoms with E-state index in [1.165, 1.54) is 22.4 Å². The highest BCUT2D eigenvalue weighted by Gasteiger charge is 2.23. The van der Waals surface area contributed by atoms with Crippen molar-refractivity contribution >= 4 is 16.6 Å². The molecule has 3 N–H and O–H groups in total. The van der Waals surface area contributed by atoms with Gasteiger partial charge in [-0.3, -0.25) is 15.1 Å². The van der Waals surface area contributed by atoms with Gasteiger partial charge in [-0.05, 0) is 72.0 Å². The molecule has 0 fully saturated rings. The van der Waals surface area contributed by atoms with E-state index in [0.29, 0.717) is 5.92 Å². The van der Waals surface area contributed by atoms with Gasteiger partial charge in [-0.1, -0.05) is 19.9 Å². The van der Waals surface area contributed by atoms with E-state index in [2.05, 4.69) is 74.7 Å². The Hall–Kier alpha value is -4.10. The van der Waals surface area contributed by atoms with E-state index in [-0.39, 0.29) is 0 Å². The van der Waals surface area contributed by atoms with Gasteiger partial charge in [-0.15, -0.1) is 0 Å². The first-order valence-corrected chi connectivity index (χ1v) is 12.0. The number of rotatable bonds is 6. The quantitative estimate of drug-likeness (QED) is 0.325. The zero-order valence-corrected chi connectivity index (χ0v) is 19.8. The molecule has 1 unspecified atom stereocenters. The Kier molecular flexibility index (Phi) is 5.47. The first-order valence-electron chi connectivity index (χ1n) is 12.0. The summed E-state index contributed by atoms with van der Waals surface area (Å²) in [4.78, 5) is 17.3. The number of aromatic nitrogens is 6. The van der Waals surface area contributed by atoms with Gasteiger partial charge in [0.15, 0.2) is 0 Å². The summed E-state index contributed by atoms with van der Waals surface area (Å²) in [6.45, 7) is 6.06. The van der Waals surface area contributed by atoms with Crippen LogP contribution in [0, 0.1) is 5.92 Å². The van der Waals surface area contributed by atoms with Crippen LogP contribution in [0.1, 0.15) is 36.2 Å². The standard InChI is InChI=1S/C28H27N7/c1-3-29-14-18-12-20(16-31-15-18)23-4-5-24-27(33-23)28(35-34-24)26-13-22-21(19-6-8-30-9-7-19)10-17(2)11-25(22)32-26/h4-10,12-13,15-17,29,32H,3,11,14H2,1-2H3,(H,34,35). The summed E-state index contributed by atoms with van der Waals surface area (Å²) < 4.78 is 0. The number of hydrogen-bond acceptors (Lipinski definition) is 5. The zero-order chi connectivity index (χ0) is 23.8. The smallest absolute Gasteiger partial charge is 0.135 e. The summed E-state index contributed by atoms with van der Waals surface area (Å²) in [7, 11) is 0. The van der Waals surface area contributed by atoms with E-state index in [1.54, 1.807) is 0 Å². The zero-order valence-electron chi connectivity index (χ0n) is 19.8. The summed E-state index contributed by atoms with van der Waals surface area (Å²) in [5.41, 5.74) is 11.4. The lowest BCUT2D eigenvalue weighted by Gasteiger charge is -2.18. The fourth-order valence-corrected chi connectivity index (χ4v) is 4.81. The van der Waals surface area contributed by atoms with Gasteiger partial charge in [0.2, 0.25) is 0 Å². The summed E-state index contributed by atoms with van der Waals surface area (Å²) in [6.07, 6.45) is 10.8. The third kappa shape index (κ3) is 4.04. The molecule has 0 saturated carbocycles. The van der Waals surface area contributed by atoms with Crippen LogP contribution in [0.4, 0.5) is 0 Å². The molecule has 5 aromatic heterocycles. The maximum Gasteiger partial charge on any atom is 0.135 e. The van der Waals surface area contributed by atoms with Crippen molar-refractivity contribution in [2.75, 3.05) is 6.54 Å². The second kappa shape index (κ2) is 8.92. The van der Waals surface area contributed by atoms with Gasteiger partial charge in [0.25, 0.3) is 0 Å². The van der Waals surface area contributed by atoms with Gasteiger partial charge in [-0.2, -0.15) is 5.10 Å². The van der Waals surface area contributed by atoms with Crippen molar-refractivity contribution in [3.05, 3.63) is 89.6 Å². The van der Waals surface area contributed by atoms with Crippen molar-refractivity contribution in [1.29, 1.82) is 0 Å². The van der Waals surface area contributed by atoms with Crippen LogP contribution in [0.3, 0.4) is 0 Å². The number of H-pyrrole nitrogens is 2. The molecule has 6 rings (SSSR count). The molecule has 1 atom stereocenters. The van der Waals surface area contributed by atoms with Crippen LogP contribution in [-0.4, -0.2) is 36.7 Å². The van der Waals surface area contributed by atoms with E-state index < -0.39 is 0 Å². The van der Waals surface area contributed by atoms with Crippen molar-refractivity contribution in [1.82, 2.24) is 35.5 Å². The van der Waals surface area contributed by atoms with Crippen molar-refractivity contribution in [2.24, 2.45) is 5.92 Å². The molecule has 5 heterocycles. The van der Waals surface area contributed by atoms with Gasteiger partial charge in [0.05, 0.1) is 16.9 Å². The topological polar surface area (TPSA) is 95.2 Å². The molecule has 0 aromatic carbocycles. The van der Waals surface area contributed by atoms with Crippen molar-refractivity contribution in [2.45, 2.75) is 26.8 Å². The summed E-state index contributed by atoms with van der Waals surface area (Å²) >= 11 is 0. The predicted molar refractivity (Wildman–Crippen MR) is 138 cm³/mol. The molecule has 0 amide bonds. The minimum Gasteiger partial charge on any atom is -0.356 e. The normalized spacial score (nSPS) is 15.3. The molecular formula is C28H27N7. The summed E-state index contributed by atoms with van der Waals surface area (Å²) in [6, 6.07) is 12.5. The Morgan fingerprint density at radius 3 is 2.77 bits per heavy atom. The highest BCUT2D eigenvalue weighted by atomic mass is 15.1. The SMILES string of the molecule is CCNCc1cncc(-c2ccc3[nH]nc(-c4cc5c([nH]4)CC(C)C=C5c4ccncc4)c3n2)c1. The Labute approximate surface area is 203 Å². The van der Waals surface area contributed by atoms with Crippen LogP contribution >= 0.6 is 0 Å². The maximum atomic E-state index is 5.00. The molecule has 0 aliphatic heterocycles. The highest BCUT2D eigenvalue weighted by molar-refractivity contribution is 5.92. The predicted octanol–water partition coefficient (Wildman–Crippen LogP) is 5.14. The number of allylic oxidation sites excluding steroid dienone is 1. The largest absolute Gasteiger partial charge is 0.356 e. The minimum absolute atomic E-state index is 0.444. The second-order valence-electron chi connectivity index (χ2n) is 9.10. The molecule has 35 heavy (non-hydrogen) atoms. The maximum absolute atomic E-state index is 5.00. The van der Waals surface area contributed by atoms with Crippen LogP contribution in [0.15, 0.2) is 67.3 Å². The number of nitrogens with zero attached hydrogens (tertiary/aromatic N) is 4. The number of nitrogens with one attached hydrogen (secondary N) is 3. The molecule has 5 aromatic rings. The highest BCUT2D eigenvalue weighted by Crippen LogP contribution is 2.37. The molecule has 7 heteroatoms. The Morgan fingerprint density at radius 1 is 1.03 bits per heavy atom. The number of aromatic amines is 2. The van der Waals surface area contributed by atoms with E-state index in [0.717, 1.165) is 58.8 Å². The van der Waals surface area contributed by atoms with Gasteiger partial charge in [0, 0.05) is 48.2 Å². The lowest BCUT2D eigenvalue weighted by atomic mass is 9.87. The molecule has 0 spiro atoms. The monoisotopic (exact) mass is 461 g/mol. The molecular weight excluding hydrogens is 434 g/mol. The van der Waals surface area contributed by atoms with E-state index in [4.69, 9.17) is 4.98 Å². The third-order valence-corrected chi connectivity index (χ3v) is 6.49. The number of hydrogen-bond donors (Lipinski definition) is 3. The van der Waals surface area contributed by atoms with Gasteiger partial charge >= 0.3 is 0 Å². The summed E-state index contributed by atoms with van der Waals surface area (Å²) in [5, 5.41) is 11.2. The Morgan fingerprint density at radius 2 is 1.91 bits per heavy atom. The Bertz CT molecular complexity index is 1530. The van der Waals surface area contributed by atoms with E-state index >= 15 is 0 Å². The van der Waals surface area contributed by atoms with Crippen molar-refractivity contribution in [3.63, 3.8) is 0 Å². The van der Waals surface area contributed by atoms with Crippen LogP contribution in [-0.2, 0) is 13.0 Å². The molecule has 1 aliphatic rings. The molecule has 1 aliphatic carbocycles. The van der Waals surface area contributed by atoms with E-state index in [1.807, 2.05) is 36.9 Å². The molecule has 0 radical (unpaired) electrons. The van der Waals surface area contributed by atoms with Crippen LogP contribution < -0.4 is 5.32 Å². The van der Waals surface area contributed by atoms with Gasteiger partial charge in [0.1, 0.15) is 11.2 Å². The van der Waals surface area contributed by atoms with Crippen LogP contribution in [0.5, 0.6) is 0 Å². The number of pyridine rings is 3. The van der Waals surface area contributed by atoms with Crippen molar-refractivity contribution in [3.8, 4) is 22.6 Å². The lowest BCUT2D eigenvalue weighted by molar-refractivity contribution is 0.701. The van der Waals surface area contributed by atoms with Crippen LogP contribution in [0.2, 0.25) is 0 Å². The summed E-state index contributed by atoms with van der Waals surface area (Å²) in [5.74, 6) is 0.444. The average Bonchev–Trinajstić information content (AvgIpc) is 3.51.